The second-order valence-electron chi connectivity index (χ2n) is 4.48. The number of nitrogens with one attached hydrogen (secondary N) is 1. The van der Waals surface area contributed by atoms with Crippen molar-refractivity contribution >= 4 is 27.1 Å². The normalized spacial score (nSPS) is 12.9. The summed E-state index contributed by atoms with van der Waals surface area (Å²) in [7, 11) is -3.43. The lowest BCUT2D eigenvalue weighted by atomic mass is 10.2. The van der Waals surface area contributed by atoms with Crippen LogP contribution in [0.3, 0.4) is 0 Å². The van der Waals surface area contributed by atoms with Crippen LogP contribution in [0.4, 0.5) is 0 Å². The van der Waals surface area contributed by atoms with Gasteiger partial charge in [0.05, 0.1) is 16.5 Å². The first-order valence-electron chi connectivity index (χ1n) is 6.03. The molecule has 2 rings (SSSR count). The third-order valence-electron chi connectivity index (χ3n) is 2.85. The van der Waals surface area contributed by atoms with Gasteiger partial charge in [0.25, 0.3) is 5.91 Å². The molecule has 0 aliphatic carbocycles. The number of carbonyl (C=O) groups is 1. The smallest absolute Gasteiger partial charge is 0.253 e. The van der Waals surface area contributed by atoms with Crippen LogP contribution in [0.2, 0.25) is 0 Å². The predicted molar refractivity (Wildman–Crippen MR) is 79.8 cm³/mol. The van der Waals surface area contributed by atoms with Crippen LogP contribution >= 0.6 is 11.3 Å². The second kappa shape index (κ2) is 5.76. The highest BCUT2D eigenvalue weighted by atomic mass is 32.2. The standard InChI is InChI=1S/C14H15NO3S2/c1-10(12-7-5-9-19-12)15-14(16)11-6-3-4-8-13(11)20(2,17)18/h3-10H,1-2H3,(H,15,16). The zero-order chi connectivity index (χ0) is 14.8. The SMILES string of the molecule is CC(NC(=O)c1ccccc1S(C)(=O)=O)c1cccs1. The Bertz CT molecular complexity index is 706. The van der Waals surface area contributed by atoms with Crippen LogP contribution in [0.5, 0.6) is 0 Å². The number of thiophene rings is 1. The highest BCUT2D eigenvalue weighted by molar-refractivity contribution is 7.90. The fourth-order valence-electron chi connectivity index (χ4n) is 1.86. The van der Waals surface area contributed by atoms with Crippen molar-refractivity contribution in [2.75, 3.05) is 6.26 Å². The lowest BCUT2D eigenvalue weighted by Crippen LogP contribution is -2.27. The first kappa shape index (κ1) is 14.7. The van der Waals surface area contributed by atoms with Crippen LogP contribution in [-0.2, 0) is 9.84 Å². The van der Waals surface area contributed by atoms with E-state index in [0.29, 0.717) is 0 Å². The van der Waals surface area contributed by atoms with E-state index in [1.807, 2.05) is 24.4 Å². The van der Waals surface area contributed by atoms with E-state index in [1.54, 1.807) is 23.5 Å². The summed E-state index contributed by atoms with van der Waals surface area (Å²) in [6.07, 6.45) is 1.10. The lowest BCUT2D eigenvalue weighted by Gasteiger charge is -2.14. The van der Waals surface area contributed by atoms with Crippen LogP contribution in [0.1, 0.15) is 28.2 Å². The average molecular weight is 309 g/mol. The molecule has 1 unspecified atom stereocenters. The van der Waals surface area contributed by atoms with Gasteiger partial charge >= 0.3 is 0 Å². The van der Waals surface area contributed by atoms with Gasteiger partial charge in [0.15, 0.2) is 9.84 Å². The first-order valence-corrected chi connectivity index (χ1v) is 8.80. The van der Waals surface area contributed by atoms with Gasteiger partial charge in [-0.2, -0.15) is 0 Å². The summed E-state index contributed by atoms with van der Waals surface area (Å²) in [5, 5.41) is 4.75. The fourth-order valence-corrected chi connectivity index (χ4v) is 3.48. The van der Waals surface area contributed by atoms with Gasteiger partial charge in [-0.15, -0.1) is 11.3 Å². The topological polar surface area (TPSA) is 63.2 Å². The third-order valence-corrected chi connectivity index (χ3v) is 5.06. The summed E-state index contributed by atoms with van der Waals surface area (Å²) in [5.74, 6) is -0.382. The molecule has 0 aliphatic heterocycles. The summed E-state index contributed by atoms with van der Waals surface area (Å²) >= 11 is 1.54. The van der Waals surface area contributed by atoms with E-state index < -0.39 is 9.84 Å². The Morgan fingerprint density at radius 2 is 1.90 bits per heavy atom. The van der Waals surface area contributed by atoms with Crippen LogP contribution in [0.25, 0.3) is 0 Å². The van der Waals surface area contributed by atoms with Gasteiger partial charge in [-0.05, 0) is 30.5 Å². The molecule has 1 amide bonds. The van der Waals surface area contributed by atoms with Crippen molar-refractivity contribution < 1.29 is 13.2 Å². The zero-order valence-electron chi connectivity index (χ0n) is 11.2. The van der Waals surface area contributed by atoms with E-state index in [2.05, 4.69) is 5.32 Å². The van der Waals surface area contributed by atoms with Gasteiger partial charge in [-0.25, -0.2) is 8.42 Å². The van der Waals surface area contributed by atoms with Gasteiger partial charge in [-0.3, -0.25) is 4.79 Å². The number of benzene rings is 1. The van der Waals surface area contributed by atoms with Crippen molar-refractivity contribution in [3.05, 3.63) is 52.2 Å². The Hall–Kier alpha value is -1.66. The van der Waals surface area contributed by atoms with Crippen LogP contribution in [0.15, 0.2) is 46.7 Å². The summed E-state index contributed by atoms with van der Waals surface area (Å²) in [4.78, 5) is 13.3. The quantitative estimate of drug-likeness (QED) is 0.944. The summed E-state index contributed by atoms with van der Waals surface area (Å²) < 4.78 is 23.4. The van der Waals surface area contributed by atoms with E-state index in [-0.39, 0.29) is 22.4 Å². The molecule has 1 atom stereocenters. The summed E-state index contributed by atoms with van der Waals surface area (Å²) in [6.45, 7) is 1.87. The van der Waals surface area contributed by atoms with Crippen molar-refractivity contribution in [2.24, 2.45) is 0 Å². The van der Waals surface area contributed by atoms with Crippen LogP contribution in [-0.4, -0.2) is 20.6 Å². The Labute approximate surface area is 122 Å². The minimum Gasteiger partial charge on any atom is -0.345 e. The molecule has 6 heteroatoms. The first-order chi connectivity index (χ1) is 9.39. The maximum atomic E-state index is 12.2. The number of hydrogen-bond donors (Lipinski definition) is 1. The van der Waals surface area contributed by atoms with E-state index >= 15 is 0 Å². The maximum Gasteiger partial charge on any atom is 0.253 e. The molecule has 0 radical (unpaired) electrons. The Morgan fingerprint density at radius 3 is 2.50 bits per heavy atom. The van der Waals surface area contributed by atoms with Gasteiger partial charge in [0.2, 0.25) is 0 Å². The molecule has 0 fully saturated rings. The number of hydrogen-bond acceptors (Lipinski definition) is 4. The molecule has 0 saturated heterocycles. The Kier molecular flexibility index (Phi) is 4.25. The van der Waals surface area contributed by atoms with Gasteiger partial charge in [0, 0.05) is 11.1 Å². The second-order valence-corrected chi connectivity index (χ2v) is 7.44. The molecule has 1 aromatic carbocycles. The van der Waals surface area contributed by atoms with Crippen LogP contribution < -0.4 is 5.32 Å². The van der Waals surface area contributed by atoms with E-state index in [0.717, 1.165) is 11.1 Å². The molecule has 0 saturated carbocycles. The molecular weight excluding hydrogens is 294 g/mol. The fraction of sp³-hybridized carbons (Fsp3) is 0.214. The molecule has 0 bridgehead atoms. The molecular formula is C14H15NO3S2. The van der Waals surface area contributed by atoms with E-state index in [1.165, 1.54) is 12.1 Å². The number of amides is 1. The molecule has 0 spiro atoms. The number of sulfone groups is 1. The monoisotopic (exact) mass is 309 g/mol. The Morgan fingerprint density at radius 1 is 1.20 bits per heavy atom. The minimum atomic E-state index is -3.43. The molecule has 106 valence electrons. The molecule has 2 aromatic rings. The summed E-state index contributed by atoms with van der Waals surface area (Å²) in [6, 6.07) is 9.91. The molecule has 1 N–H and O–H groups in total. The van der Waals surface area contributed by atoms with Crippen molar-refractivity contribution in [1.29, 1.82) is 0 Å². The van der Waals surface area contributed by atoms with Gasteiger partial charge in [0.1, 0.15) is 0 Å². The van der Waals surface area contributed by atoms with Crippen molar-refractivity contribution in [2.45, 2.75) is 17.9 Å². The van der Waals surface area contributed by atoms with Gasteiger partial charge < -0.3 is 5.32 Å². The molecule has 4 nitrogen and oxygen atoms in total. The molecule has 1 heterocycles. The van der Waals surface area contributed by atoms with Crippen LogP contribution in [0, 0.1) is 0 Å². The Balaban J connectivity index is 2.27. The van der Waals surface area contributed by atoms with Gasteiger partial charge in [-0.1, -0.05) is 18.2 Å². The number of carbonyl (C=O) groups excluding carboxylic acids is 1. The highest BCUT2D eigenvalue weighted by Gasteiger charge is 2.19. The predicted octanol–water partition coefficient (Wildman–Crippen LogP) is 2.64. The zero-order valence-corrected chi connectivity index (χ0v) is 12.8. The largest absolute Gasteiger partial charge is 0.345 e. The highest BCUT2D eigenvalue weighted by Crippen LogP contribution is 2.20. The third kappa shape index (κ3) is 3.26. The minimum absolute atomic E-state index is 0.0517. The van der Waals surface area contributed by atoms with Crippen molar-refractivity contribution in [1.82, 2.24) is 5.32 Å². The molecule has 20 heavy (non-hydrogen) atoms. The van der Waals surface area contributed by atoms with Crippen molar-refractivity contribution in [3.8, 4) is 0 Å². The molecule has 1 aromatic heterocycles. The van der Waals surface area contributed by atoms with Crippen molar-refractivity contribution in [3.63, 3.8) is 0 Å². The lowest BCUT2D eigenvalue weighted by molar-refractivity contribution is 0.0937. The number of rotatable bonds is 4. The average Bonchev–Trinajstić information content (AvgIpc) is 2.91. The van der Waals surface area contributed by atoms with E-state index in [9.17, 15) is 13.2 Å². The maximum absolute atomic E-state index is 12.2. The molecule has 0 aliphatic rings. The van der Waals surface area contributed by atoms with E-state index in [4.69, 9.17) is 0 Å². The summed E-state index contributed by atoms with van der Waals surface area (Å²) in [5.41, 5.74) is 0.179.